The van der Waals surface area contributed by atoms with Gasteiger partial charge in [-0.2, -0.15) is 0 Å². The Balaban J connectivity index is 1.23. The molecule has 2 aliphatic heterocycles. The van der Waals surface area contributed by atoms with Crippen LogP contribution in [0.25, 0.3) is 0 Å². The van der Waals surface area contributed by atoms with E-state index in [1.54, 1.807) is 7.11 Å². The number of hydrogen-bond acceptors (Lipinski definition) is 6. The predicted molar refractivity (Wildman–Crippen MR) is 123 cm³/mol. The van der Waals surface area contributed by atoms with E-state index in [1.807, 2.05) is 29.2 Å². The number of benzene rings is 1. The Morgan fingerprint density at radius 3 is 2.03 bits per heavy atom. The van der Waals surface area contributed by atoms with E-state index >= 15 is 0 Å². The van der Waals surface area contributed by atoms with Crippen molar-refractivity contribution in [1.82, 2.24) is 15.1 Å². The number of aryl methyl sites for hydroxylation is 1. The minimum Gasteiger partial charge on any atom is -0.497 e. The lowest BCUT2D eigenvalue weighted by Crippen LogP contribution is -2.49. The smallest absolute Gasteiger partial charge is 0.223 e. The first-order valence-corrected chi connectivity index (χ1v) is 11.4. The number of hydrogen-bond donors (Lipinski definition) is 0. The van der Waals surface area contributed by atoms with E-state index in [0.717, 1.165) is 74.6 Å². The molecule has 4 rings (SSSR count). The summed E-state index contributed by atoms with van der Waals surface area (Å²) in [5.74, 6) is 3.74. The molecule has 3 heterocycles. The highest BCUT2D eigenvalue weighted by molar-refractivity contribution is 5.76. The predicted octanol–water partition coefficient (Wildman–Crippen LogP) is 3.00. The van der Waals surface area contributed by atoms with E-state index in [0.29, 0.717) is 6.42 Å². The highest BCUT2D eigenvalue weighted by Crippen LogP contribution is 2.22. The molecule has 7 heteroatoms. The number of carbonyl (C=O) groups excluding carboxylic acids is 1. The first kappa shape index (κ1) is 21.4. The standard InChI is InChI=1S/C24H33N5O2/c1-19-11-13-27(14-12-19)22-8-9-23(26-25-22)28-15-17-29(18-16-28)24(30)10-5-20-3-6-21(31-2)7-4-20/h3-4,6-9,19H,5,10-18H2,1-2H3. The second-order valence-corrected chi connectivity index (χ2v) is 8.64. The zero-order valence-corrected chi connectivity index (χ0v) is 18.7. The Morgan fingerprint density at radius 2 is 1.48 bits per heavy atom. The fourth-order valence-corrected chi connectivity index (χ4v) is 4.28. The van der Waals surface area contributed by atoms with Crippen molar-refractivity contribution in [1.29, 1.82) is 0 Å². The van der Waals surface area contributed by atoms with Gasteiger partial charge in [0.05, 0.1) is 7.11 Å². The van der Waals surface area contributed by atoms with Crippen LogP contribution < -0.4 is 14.5 Å². The van der Waals surface area contributed by atoms with Crippen LogP contribution in [0.2, 0.25) is 0 Å². The average molecular weight is 424 g/mol. The van der Waals surface area contributed by atoms with E-state index in [-0.39, 0.29) is 5.91 Å². The molecule has 2 fully saturated rings. The van der Waals surface area contributed by atoms with Crippen LogP contribution >= 0.6 is 0 Å². The topological polar surface area (TPSA) is 61.8 Å². The summed E-state index contributed by atoms with van der Waals surface area (Å²) >= 11 is 0. The molecular weight excluding hydrogens is 390 g/mol. The number of piperazine rings is 1. The van der Waals surface area contributed by atoms with Crippen molar-refractivity contribution >= 4 is 17.5 Å². The number of anilines is 2. The van der Waals surface area contributed by atoms with Gasteiger partial charge in [-0.1, -0.05) is 19.1 Å². The van der Waals surface area contributed by atoms with Crippen molar-refractivity contribution in [2.45, 2.75) is 32.6 Å². The summed E-state index contributed by atoms with van der Waals surface area (Å²) in [4.78, 5) is 19.2. The van der Waals surface area contributed by atoms with E-state index < -0.39 is 0 Å². The molecule has 0 radical (unpaired) electrons. The van der Waals surface area contributed by atoms with Gasteiger partial charge in [0.15, 0.2) is 11.6 Å². The Labute approximate surface area is 185 Å². The van der Waals surface area contributed by atoms with Gasteiger partial charge >= 0.3 is 0 Å². The van der Waals surface area contributed by atoms with Gasteiger partial charge in [0, 0.05) is 45.7 Å². The van der Waals surface area contributed by atoms with Gasteiger partial charge in [-0.25, -0.2) is 0 Å². The maximum absolute atomic E-state index is 12.6. The molecule has 2 saturated heterocycles. The van der Waals surface area contributed by atoms with Gasteiger partial charge in [-0.05, 0) is 55.0 Å². The molecule has 0 spiro atoms. The number of aromatic nitrogens is 2. The quantitative estimate of drug-likeness (QED) is 0.712. The van der Waals surface area contributed by atoms with Crippen molar-refractivity contribution in [2.75, 3.05) is 56.2 Å². The number of carbonyl (C=O) groups is 1. The highest BCUT2D eigenvalue weighted by atomic mass is 16.5. The van der Waals surface area contributed by atoms with E-state index in [9.17, 15) is 4.79 Å². The molecule has 0 bridgehead atoms. The molecule has 2 aromatic rings. The summed E-state index contributed by atoms with van der Waals surface area (Å²) in [5.41, 5.74) is 1.16. The number of amides is 1. The van der Waals surface area contributed by atoms with Crippen LogP contribution in [-0.4, -0.2) is 67.4 Å². The van der Waals surface area contributed by atoms with Crippen molar-refractivity contribution in [3.8, 4) is 5.75 Å². The molecule has 1 aromatic heterocycles. The molecule has 0 atom stereocenters. The number of methoxy groups -OCH3 is 1. The van der Waals surface area contributed by atoms with Crippen molar-refractivity contribution < 1.29 is 9.53 Å². The van der Waals surface area contributed by atoms with Crippen molar-refractivity contribution in [3.63, 3.8) is 0 Å². The summed E-state index contributed by atoms with van der Waals surface area (Å²) in [7, 11) is 1.66. The number of ether oxygens (including phenoxy) is 1. The molecule has 0 aliphatic carbocycles. The zero-order chi connectivity index (χ0) is 21.6. The molecule has 0 N–H and O–H groups in total. The van der Waals surface area contributed by atoms with E-state index in [1.165, 1.54) is 12.8 Å². The van der Waals surface area contributed by atoms with Crippen LogP contribution in [0.3, 0.4) is 0 Å². The minimum absolute atomic E-state index is 0.219. The van der Waals surface area contributed by atoms with Crippen LogP contribution in [0.5, 0.6) is 5.75 Å². The Hall–Kier alpha value is -2.83. The molecule has 31 heavy (non-hydrogen) atoms. The van der Waals surface area contributed by atoms with E-state index in [2.05, 4.69) is 39.1 Å². The summed E-state index contributed by atoms with van der Waals surface area (Å²) in [6, 6.07) is 12.1. The van der Waals surface area contributed by atoms with Crippen LogP contribution in [0.15, 0.2) is 36.4 Å². The Kier molecular flexibility index (Phi) is 6.89. The molecule has 0 unspecified atom stereocenters. The van der Waals surface area contributed by atoms with Crippen LogP contribution in [0, 0.1) is 5.92 Å². The Morgan fingerprint density at radius 1 is 0.903 bits per heavy atom. The van der Waals surface area contributed by atoms with Gasteiger partial charge in [-0.15, -0.1) is 10.2 Å². The lowest BCUT2D eigenvalue weighted by molar-refractivity contribution is -0.131. The summed E-state index contributed by atoms with van der Waals surface area (Å²) in [5, 5.41) is 8.95. The molecule has 1 amide bonds. The van der Waals surface area contributed by atoms with Crippen LogP contribution in [-0.2, 0) is 11.2 Å². The third-order valence-corrected chi connectivity index (χ3v) is 6.49. The average Bonchev–Trinajstić information content (AvgIpc) is 2.83. The van der Waals surface area contributed by atoms with Crippen molar-refractivity contribution in [2.24, 2.45) is 5.92 Å². The molecule has 0 saturated carbocycles. The second-order valence-electron chi connectivity index (χ2n) is 8.64. The maximum Gasteiger partial charge on any atom is 0.223 e. The van der Waals surface area contributed by atoms with Gasteiger partial charge in [0.1, 0.15) is 5.75 Å². The lowest BCUT2D eigenvalue weighted by atomic mass is 9.99. The zero-order valence-electron chi connectivity index (χ0n) is 18.7. The van der Waals surface area contributed by atoms with Gasteiger partial charge in [-0.3, -0.25) is 4.79 Å². The van der Waals surface area contributed by atoms with Gasteiger partial charge in [0.2, 0.25) is 5.91 Å². The summed E-state index contributed by atoms with van der Waals surface area (Å²) in [6.45, 7) is 7.49. The third kappa shape index (κ3) is 5.46. The first-order chi connectivity index (χ1) is 15.1. The third-order valence-electron chi connectivity index (χ3n) is 6.49. The van der Waals surface area contributed by atoms with E-state index in [4.69, 9.17) is 4.74 Å². The van der Waals surface area contributed by atoms with Gasteiger partial charge < -0.3 is 19.4 Å². The maximum atomic E-state index is 12.6. The first-order valence-electron chi connectivity index (χ1n) is 11.4. The number of rotatable bonds is 6. The summed E-state index contributed by atoms with van der Waals surface area (Å²) in [6.07, 6.45) is 3.73. The fourth-order valence-electron chi connectivity index (χ4n) is 4.28. The second kappa shape index (κ2) is 9.98. The molecule has 166 valence electrons. The lowest BCUT2D eigenvalue weighted by Gasteiger charge is -2.35. The van der Waals surface area contributed by atoms with Crippen molar-refractivity contribution in [3.05, 3.63) is 42.0 Å². The monoisotopic (exact) mass is 423 g/mol. The molecule has 2 aliphatic rings. The number of piperidine rings is 1. The number of nitrogens with zero attached hydrogens (tertiary/aromatic N) is 5. The highest BCUT2D eigenvalue weighted by Gasteiger charge is 2.23. The van der Waals surface area contributed by atoms with Gasteiger partial charge in [0.25, 0.3) is 0 Å². The largest absolute Gasteiger partial charge is 0.497 e. The SMILES string of the molecule is COc1ccc(CCC(=O)N2CCN(c3ccc(N4CCC(C)CC4)nn3)CC2)cc1. The Bertz CT molecular complexity index is 839. The van der Waals surface area contributed by atoms with Crippen LogP contribution in [0.1, 0.15) is 31.7 Å². The molecule has 1 aromatic carbocycles. The van der Waals surface area contributed by atoms with Crippen LogP contribution in [0.4, 0.5) is 11.6 Å². The molecular formula is C24H33N5O2. The molecule has 7 nitrogen and oxygen atoms in total. The fraction of sp³-hybridized carbons (Fsp3) is 0.542. The minimum atomic E-state index is 0.219. The normalized spacial score (nSPS) is 17.7. The summed E-state index contributed by atoms with van der Waals surface area (Å²) < 4.78 is 5.19.